The van der Waals surface area contributed by atoms with Gasteiger partial charge in [-0.25, -0.2) is 4.39 Å². The van der Waals surface area contributed by atoms with E-state index in [-0.39, 0.29) is 11.7 Å². The Kier molecular flexibility index (Phi) is 2.28. The van der Waals surface area contributed by atoms with E-state index in [1.807, 2.05) is 0 Å². The summed E-state index contributed by atoms with van der Waals surface area (Å²) in [6.45, 7) is 1.75. The van der Waals surface area contributed by atoms with E-state index in [2.05, 4.69) is 5.10 Å². The standard InChI is InChI=1S/C8H10FN3/c1-5-4-6(9)2-3-7(5)8(10)12-11/h2-4H,11H2,1H3,(H2,10,12). The Balaban J connectivity index is 3.18. The maximum absolute atomic E-state index is 12.6. The molecule has 0 fully saturated rings. The molecule has 0 aliphatic rings. The molecule has 0 saturated heterocycles. The van der Waals surface area contributed by atoms with Gasteiger partial charge in [0.2, 0.25) is 0 Å². The first-order valence-corrected chi connectivity index (χ1v) is 3.45. The van der Waals surface area contributed by atoms with Crippen molar-refractivity contribution < 1.29 is 4.39 Å². The lowest BCUT2D eigenvalue weighted by Gasteiger charge is -2.02. The van der Waals surface area contributed by atoms with Gasteiger partial charge in [-0.1, -0.05) is 0 Å². The summed E-state index contributed by atoms with van der Waals surface area (Å²) in [6, 6.07) is 4.25. The van der Waals surface area contributed by atoms with E-state index in [0.717, 1.165) is 5.56 Å². The zero-order chi connectivity index (χ0) is 9.14. The van der Waals surface area contributed by atoms with Crippen LogP contribution in [-0.4, -0.2) is 5.84 Å². The van der Waals surface area contributed by atoms with E-state index in [9.17, 15) is 4.39 Å². The van der Waals surface area contributed by atoms with Crippen LogP contribution in [0.4, 0.5) is 4.39 Å². The van der Waals surface area contributed by atoms with Gasteiger partial charge in [0.25, 0.3) is 0 Å². The number of halogens is 1. The molecule has 0 amide bonds. The average Bonchev–Trinajstić information content (AvgIpc) is 2.03. The van der Waals surface area contributed by atoms with Crippen molar-refractivity contribution in [2.45, 2.75) is 6.92 Å². The molecular formula is C8H10FN3. The molecular weight excluding hydrogens is 157 g/mol. The molecule has 0 unspecified atom stereocenters. The quantitative estimate of drug-likeness (QED) is 0.280. The second kappa shape index (κ2) is 3.21. The molecule has 1 rings (SSSR count). The third kappa shape index (κ3) is 1.53. The van der Waals surface area contributed by atoms with Crippen LogP contribution in [0.25, 0.3) is 0 Å². The van der Waals surface area contributed by atoms with E-state index in [1.54, 1.807) is 13.0 Å². The van der Waals surface area contributed by atoms with Crippen molar-refractivity contribution in [2.24, 2.45) is 16.7 Å². The van der Waals surface area contributed by atoms with Gasteiger partial charge >= 0.3 is 0 Å². The number of amidine groups is 1. The molecule has 0 bridgehead atoms. The van der Waals surface area contributed by atoms with Gasteiger partial charge in [-0.05, 0) is 30.7 Å². The van der Waals surface area contributed by atoms with Gasteiger partial charge in [-0.2, -0.15) is 5.10 Å². The smallest absolute Gasteiger partial charge is 0.150 e. The highest BCUT2D eigenvalue weighted by molar-refractivity contribution is 5.98. The highest BCUT2D eigenvalue weighted by atomic mass is 19.1. The van der Waals surface area contributed by atoms with Gasteiger partial charge in [0.05, 0.1) is 0 Å². The summed E-state index contributed by atoms with van der Waals surface area (Å²) in [5.74, 6) is 4.90. The van der Waals surface area contributed by atoms with E-state index in [1.165, 1.54) is 12.1 Å². The maximum atomic E-state index is 12.6. The number of rotatable bonds is 1. The Morgan fingerprint density at radius 2 is 2.17 bits per heavy atom. The van der Waals surface area contributed by atoms with Crippen LogP contribution in [0.5, 0.6) is 0 Å². The minimum Gasteiger partial charge on any atom is -0.382 e. The highest BCUT2D eigenvalue weighted by Crippen LogP contribution is 2.08. The molecule has 12 heavy (non-hydrogen) atoms. The van der Waals surface area contributed by atoms with Gasteiger partial charge in [-0.15, -0.1) is 0 Å². The second-order valence-electron chi connectivity index (χ2n) is 2.47. The third-order valence-corrected chi connectivity index (χ3v) is 1.60. The van der Waals surface area contributed by atoms with E-state index >= 15 is 0 Å². The first-order chi connectivity index (χ1) is 5.65. The van der Waals surface area contributed by atoms with Crippen LogP contribution in [0, 0.1) is 12.7 Å². The Bertz CT molecular complexity index is 320. The monoisotopic (exact) mass is 167 g/mol. The van der Waals surface area contributed by atoms with Crippen molar-refractivity contribution in [3.8, 4) is 0 Å². The summed E-state index contributed by atoms with van der Waals surface area (Å²) >= 11 is 0. The Morgan fingerprint density at radius 3 is 2.67 bits per heavy atom. The summed E-state index contributed by atoms with van der Waals surface area (Å²) in [5.41, 5.74) is 6.84. The third-order valence-electron chi connectivity index (χ3n) is 1.60. The highest BCUT2D eigenvalue weighted by Gasteiger charge is 2.02. The number of hydrogen-bond acceptors (Lipinski definition) is 2. The van der Waals surface area contributed by atoms with E-state index in [0.29, 0.717) is 5.56 Å². The van der Waals surface area contributed by atoms with Crippen molar-refractivity contribution in [2.75, 3.05) is 0 Å². The lowest BCUT2D eigenvalue weighted by atomic mass is 10.1. The zero-order valence-electron chi connectivity index (χ0n) is 6.71. The Labute approximate surface area is 69.9 Å². The van der Waals surface area contributed by atoms with Crippen LogP contribution in [0.15, 0.2) is 23.3 Å². The fraction of sp³-hybridized carbons (Fsp3) is 0.125. The predicted molar refractivity (Wildman–Crippen MR) is 46.0 cm³/mol. The molecule has 4 heteroatoms. The van der Waals surface area contributed by atoms with Crippen molar-refractivity contribution in [3.05, 3.63) is 35.1 Å². The maximum Gasteiger partial charge on any atom is 0.150 e. The lowest BCUT2D eigenvalue weighted by molar-refractivity contribution is 0.626. The number of nitrogens with zero attached hydrogens (tertiary/aromatic N) is 1. The van der Waals surface area contributed by atoms with Gasteiger partial charge < -0.3 is 11.6 Å². The number of nitrogens with two attached hydrogens (primary N) is 2. The lowest BCUT2D eigenvalue weighted by Crippen LogP contribution is -2.16. The van der Waals surface area contributed by atoms with Gasteiger partial charge in [-0.3, -0.25) is 0 Å². The normalized spacial score (nSPS) is 11.7. The van der Waals surface area contributed by atoms with Crippen LogP contribution in [0.2, 0.25) is 0 Å². The van der Waals surface area contributed by atoms with Crippen LogP contribution >= 0.6 is 0 Å². The SMILES string of the molecule is Cc1cc(F)ccc1/C(N)=N/N. The average molecular weight is 167 g/mol. The molecule has 0 aliphatic heterocycles. The molecule has 0 aromatic heterocycles. The molecule has 0 heterocycles. The fourth-order valence-electron chi connectivity index (χ4n) is 0.984. The molecule has 0 aliphatic carbocycles. The Morgan fingerprint density at radius 1 is 1.50 bits per heavy atom. The van der Waals surface area contributed by atoms with Crippen LogP contribution in [0.1, 0.15) is 11.1 Å². The van der Waals surface area contributed by atoms with E-state index in [4.69, 9.17) is 11.6 Å². The van der Waals surface area contributed by atoms with Crippen LogP contribution in [0.3, 0.4) is 0 Å². The van der Waals surface area contributed by atoms with Crippen LogP contribution < -0.4 is 11.6 Å². The van der Waals surface area contributed by atoms with Crippen molar-refractivity contribution >= 4 is 5.84 Å². The molecule has 0 saturated carbocycles. The molecule has 0 spiro atoms. The van der Waals surface area contributed by atoms with Crippen molar-refractivity contribution in [1.82, 2.24) is 0 Å². The van der Waals surface area contributed by atoms with Crippen LogP contribution in [-0.2, 0) is 0 Å². The topological polar surface area (TPSA) is 64.4 Å². The number of aryl methyl sites for hydroxylation is 1. The first kappa shape index (κ1) is 8.52. The van der Waals surface area contributed by atoms with E-state index < -0.39 is 0 Å². The summed E-state index contributed by atoms with van der Waals surface area (Å²) in [6.07, 6.45) is 0. The van der Waals surface area contributed by atoms with Crippen molar-refractivity contribution in [3.63, 3.8) is 0 Å². The molecule has 1 aromatic rings. The second-order valence-corrected chi connectivity index (χ2v) is 2.47. The number of hydrogen-bond donors (Lipinski definition) is 2. The number of benzene rings is 1. The molecule has 1 aromatic carbocycles. The van der Waals surface area contributed by atoms with Crippen molar-refractivity contribution in [1.29, 1.82) is 0 Å². The predicted octanol–water partition coefficient (Wildman–Crippen LogP) is 0.713. The molecule has 4 N–H and O–H groups in total. The molecule has 0 radical (unpaired) electrons. The van der Waals surface area contributed by atoms with Gasteiger partial charge in [0.15, 0.2) is 5.84 Å². The fourth-order valence-corrected chi connectivity index (χ4v) is 0.984. The van der Waals surface area contributed by atoms with Gasteiger partial charge in [0, 0.05) is 5.56 Å². The minimum atomic E-state index is -0.291. The summed E-state index contributed by atoms with van der Waals surface area (Å²) in [4.78, 5) is 0. The number of hydrazone groups is 1. The summed E-state index contributed by atoms with van der Waals surface area (Å²) in [7, 11) is 0. The summed E-state index contributed by atoms with van der Waals surface area (Å²) in [5, 5.41) is 3.32. The molecule has 3 nitrogen and oxygen atoms in total. The zero-order valence-corrected chi connectivity index (χ0v) is 6.71. The summed E-state index contributed by atoms with van der Waals surface area (Å²) < 4.78 is 12.6. The molecule has 0 atom stereocenters. The van der Waals surface area contributed by atoms with Gasteiger partial charge in [0.1, 0.15) is 5.82 Å². The largest absolute Gasteiger partial charge is 0.382 e. The molecule has 64 valence electrons. The minimum absolute atomic E-state index is 0.215. The Hall–Kier alpha value is -1.58. The first-order valence-electron chi connectivity index (χ1n) is 3.45.